The van der Waals surface area contributed by atoms with Crippen molar-refractivity contribution in [2.45, 2.75) is 23.2 Å². The second-order valence-electron chi connectivity index (χ2n) is 7.14. The van der Waals surface area contributed by atoms with Crippen molar-refractivity contribution in [3.8, 4) is 5.75 Å². The second kappa shape index (κ2) is 5.84. The van der Waals surface area contributed by atoms with Crippen LogP contribution in [0.2, 0.25) is 0 Å². The molecule has 0 saturated heterocycles. The Balaban J connectivity index is 1.66. The molecule has 2 aromatic carbocycles. The van der Waals surface area contributed by atoms with E-state index in [1.165, 1.54) is 4.90 Å². The maximum Gasteiger partial charge on any atom is 0.230 e. The van der Waals surface area contributed by atoms with Crippen molar-refractivity contribution in [3.05, 3.63) is 54.1 Å². The van der Waals surface area contributed by atoms with Crippen LogP contribution in [0, 0.1) is 5.92 Å². The van der Waals surface area contributed by atoms with Gasteiger partial charge in [0.05, 0.1) is 17.2 Å². The first-order valence-corrected chi connectivity index (χ1v) is 10.5. The number of amides is 1. The highest BCUT2D eigenvalue weighted by atomic mass is 32.2. The van der Waals surface area contributed by atoms with Crippen LogP contribution in [-0.4, -0.2) is 34.2 Å². The molecular weight excluding hydrogens is 350 g/mol. The molecule has 136 valence electrons. The Bertz CT molecular complexity index is 985. The third-order valence-electron chi connectivity index (χ3n) is 5.56. The maximum atomic E-state index is 13.2. The van der Waals surface area contributed by atoms with Gasteiger partial charge in [-0.15, -0.1) is 0 Å². The molecule has 1 heterocycles. The molecule has 1 aliphatic heterocycles. The van der Waals surface area contributed by atoms with Crippen LogP contribution in [0.3, 0.4) is 0 Å². The van der Waals surface area contributed by atoms with Gasteiger partial charge in [-0.25, -0.2) is 8.42 Å². The van der Waals surface area contributed by atoms with E-state index in [0.29, 0.717) is 12.3 Å². The summed E-state index contributed by atoms with van der Waals surface area (Å²) in [5.74, 6) is 0.663. The quantitative estimate of drug-likeness (QED) is 0.832. The minimum atomic E-state index is -3.41. The fourth-order valence-corrected chi connectivity index (χ4v) is 5.00. The predicted octanol–water partition coefficient (Wildman–Crippen LogP) is 2.79. The molecule has 4 rings (SSSR count). The Kier molecular flexibility index (Phi) is 3.84. The van der Waals surface area contributed by atoms with Crippen LogP contribution in [0.4, 0.5) is 5.69 Å². The highest BCUT2D eigenvalue weighted by molar-refractivity contribution is 7.90. The molecule has 0 N–H and O–H groups in total. The lowest BCUT2D eigenvalue weighted by Gasteiger charge is -2.28. The summed E-state index contributed by atoms with van der Waals surface area (Å²) < 4.78 is 29.9. The lowest BCUT2D eigenvalue weighted by molar-refractivity contribution is -0.120. The molecule has 2 aliphatic rings. The summed E-state index contributed by atoms with van der Waals surface area (Å²) in [5, 5.41) is 0. The van der Waals surface area contributed by atoms with E-state index in [0.717, 1.165) is 30.4 Å². The smallest absolute Gasteiger partial charge is 0.230 e. The number of para-hydroxylation sites is 2. The highest BCUT2D eigenvalue weighted by Gasteiger charge is 2.61. The SMILES string of the molecule is CN(C(=O)[C@@H]1C[C@]12CCOc1ccccc12)c1ccccc1S(C)(=O)=O. The maximum absolute atomic E-state index is 13.2. The Hall–Kier alpha value is -2.34. The van der Waals surface area contributed by atoms with E-state index < -0.39 is 9.84 Å². The Morgan fingerprint density at radius 2 is 1.85 bits per heavy atom. The summed E-state index contributed by atoms with van der Waals surface area (Å²) in [6.07, 6.45) is 2.75. The standard InChI is InChI=1S/C20H21NO4S/c1-21(16-8-4-6-10-18(16)26(2,23)24)19(22)15-13-20(15)11-12-25-17-9-5-3-7-14(17)20/h3-10,15H,11-13H2,1-2H3/t15-,20-/m0/s1. The zero-order valence-corrected chi connectivity index (χ0v) is 15.6. The van der Waals surface area contributed by atoms with E-state index in [2.05, 4.69) is 0 Å². The molecule has 0 radical (unpaired) electrons. The Labute approximate surface area is 153 Å². The molecule has 2 aromatic rings. The average molecular weight is 371 g/mol. The minimum Gasteiger partial charge on any atom is -0.493 e. The van der Waals surface area contributed by atoms with Gasteiger partial charge in [0.2, 0.25) is 5.91 Å². The minimum absolute atomic E-state index is 0.0437. The molecule has 0 unspecified atom stereocenters. The molecule has 1 fully saturated rings. The van der Waals surface area contributed by atoms with Crippen LogP contribution in [0.5, 0.6) is 5.75 Å². The molecule has 6 heteroatoms. The second-order valence-corrected chi connectivity index (χ2v) is 9.13. The largest absolute Gasteiger partial charge is 0.493 e. The summed E-state index contributed by atoms with van der Waals surface area (Å²) in [6, 6.07) is 14.5. The van der Waals surface area contributed by atoms with Crippen molar-refractivity contribution in [3.63, 3.8) is 0 Å². The number of sulfone groups is 1. The molecule has 1 spiro atoms. The molecular formula is C20H21NO4S. The highest BCUT2D eigenvalue weighted by Crippen LogP contribution is 2.61. The van der Waals surface area contributed by atoms with Gasteiger partial charge in [-0.05, 0) is 31.0 Å². The summed E-state index contributed by atoms with van der Waals surface area (Å²) in [7, 11) is -1.76. The normalized spacial score (nSPS) is 23.8. The summed E-state index contributed by atoms with van der Waals surface area (Å²) >= 11 is 0. The summed E-state index contributed by atoms with van der Waals surface area (Å²) in [5.41, 5.74) is 1.34. The van der Waals surface area contributed by atoms with E-state index in [4.69, 9.17) is 4.74 Å². The molecule has 1 saturated carbocycles. The number of carbonyl (C=O) groups excluding carboxylic acids is 1. The van der Waals surface area contributed by atoms with Gasteiger partial charge in [-0.3, -0.25) is 4.79 Å². The van der Waals surface area contributed by atoms with Crippen molar-refractivity contribution in [1.29, 1.82) is 0 Å². The summed E-state index contributed by atoms with van der Waals surface area (Å²) in [6.45, 7) is 0.602. The van der Waals surface area contributed by atoms with Crippen molar-refractivity contribution in [2.75, 3.05) is 24.8 Å². The van der Waals surface area contributed by atoms with E-state index in [1.807, 2.05) is 24.3 Å². The van der Waals surface area contributed by atoms with Crippen molar-refractivity contribution in [1.82, 2.24) is 0 Å². The van der Waals surface area contributed by atoms with Crippen molar-refractivity contribution < 1.29 is 17.9 Å². The van der Waals surface area contributed by atoms with Crippen molar-refractivity contribution >= 4 is 21.4 Å². The van der Waals surface area contributed by atoms with Crippen LogP contribution in [0.25, 0.3) is 0 Å². The van der Waals surface area contributed by atoms with Crippen LogP contribution in [0.1, 0.15) is 18.4 Å². The number of carbonyl (C=O) groups is 1. The van der Waals surface area contributed by atoms with Gasteiger partial charge in [0.15, 0.2) is 9.84 Å². The fourth-order valence-electron chi connectivity index (χ4n) is 4.08. The van der Waals surface area contributed by atoms with Gasteiger partial charge < -0.3 is 9.64 Å². The van der Waals surface area contributed by atoms with E-state index in [9.17, 15) is 13.2 Å². The topological polar surface area (TPSA) is 63.7 Å². The molecule has 1 aliphatic carbocycles. The molecule has 2 atom stereocenters. The Morgan fingerprint density at radius 3 is 2.62 bits per heavy atom. The van der Waals surface area contributed by atoms with E-state index in [1.54, 1.807) is 31.3 Å². The number of hydrogen-bond donors (Lipinski definition) is 0. The van der Waals surface area contributed by atoms with Gasteiger partial charge >= 0.3 is 0 Å². The number of anilines is 1. The molecule has 0 aromatic heterocycles. The third kappa shape index (κ3) is 2.60. The van der Waals surface area contributed by atoms with E-state index in [-0.39, 0.29) is 22.1 Å². The van der Waals surface area contributed by atoms with Gasteiger partial charge in [0.25, 0.3) is 0 Å². The van der Waals surface area contributed by atoms with Gasteiger partial charge in [0.1, 0.15) is 5.75 Å². The lowest BCUT2D eigenvalue weighted by atomic mass is 9.87. The zero-order chi connectivity index (χ0) is 18.5. The van der Waals surface area contributed by atoms with Gasteiger partial charge in [0, 0.05) is 30.2 Å². The Morgan fingerprint density at radius 1 is 1.15 bits per heavy atom. The number of hydrogen-bond acceptors (Lipinski definition) is 4. The number of nitrogens with zero attached hydrogens (tertiary/aromatic N) is 1. The average Bonchev–Trinajstić information content (AvgIpc) is 3.35. The van der Waals surface area contributed by atoms with Crippen LogP contribution >= 0.6 is 0 Å². The fraction of sp³-hybridized carbons (Fsp3) is 0.350. The van der Waals surface area contributed by atoms with E-state index >= 15 is 0 Å². The molecule has 1 amide bonds. The number of rotatable bonds is 3. The van der Waals surface area contributed by atoms with Crippen LogP contribution in [-0.2, 0) is 20.0 Å². The number of fused-ring (bicyclic) bond motifs is 2. The van der Waals surface area contributed by atoms with Gasteiger partial charge in [-0.2, -0.15) is 0 Å². The first-order valence-electron chi connectivity index (χ1n) is 8.63. The molecule has 26 heavy (non-hydrogen) atoms. The first-order chi connectivity index (χ1) is 12.3. The predicted molar refractivity (Wildman–Crippen MR) is 99.3 cm³/mol. The van der Waals surface area contributed by atoms with Crippen molar-refractivity contribution in [2.24, 2.45) is 5.92 Å². The molecule has 5 nitrogen and oxygen atoms in total. The monoisotopic (exact) mass is 371 g/mol. The number of benzene rings is 2. The molecule has 0 bridgehead atoms. The lowest BCUT2D eigenvalue weighted by Crippen LogP contribution is -2.33. The van der Waals surface area contributed by atoms with Gasteiger partial charge in [-0.1, -0.05) is 30.3 Å². The number of ether oxygens (including phenoxy) is 1. The van der Waals surface area contributed by atoms with Crippen LogP contribution < -0.4 is 9.64 Å². The third-order valence-corrected chi connectivity index (χ3v) is 6.70. The zero-order valence-electron chi connectivity index (χ0n) is 14.8. The van der Waals surface area contributed by atoms with Crippen LogP contribution in [0.15, 0.2) is 53.4 Å². The first kappa shape index (κ1) is 17.1. The summed E-state index contributed by atoms with van der Waals surface area (Å²) in [4.78, 5) is 14.8.